The van der Waals surface area contributed by atoms with Gasteiger partial charge in [-0.2, -0.15) is 5.10 Å². The van der Waals surface area contributed by atoms with Gasteiger partial charge in [-0.1, -0.05) is 6.07 Å². The Morgan fingerprint density at radius 2 is 2.05 bits per heavy atom. The maximum atomic E-state index is 4.45. The van der Waals surface area contributed by atoms with Gasteiger partial charge in [0.2, 0.25) is 0 Å². The van der Waals surface area contributed by atoms with E-state index in [-0.39, 0.29) is 5.54 Å². The van der Waals surface area contributed by atoms with Crippen molar-refractivity contribution in [3.8, 4) is 0 Å². The molecule has 0 unspecified atom stereocenters. The van der Waals surface area contributed by atoms with Crippen molar-refractivity contribution in [2.45, 2.75) is 45.8 Å². The summed E-state index contributed by atoms with van der Waals surface area (Å²) in [5.41, 5.74) is 2.50. The molecule has 0 amide bonds. The molecule has 2 aromatic rings. The SMILES string of the molecule is C[C@H](c1cccnc1)N(C)Cc1cnn(C(C)(C)C)c1. The molecule has 2 aromatic heterocycles. The first-order valence-electron chi connectivity index (χ1n) is 7.02. The summed E-state index contributed by atoms with van der Waals surface area (Å²) < 4.78 is 2.02. The Bertz CT molecular complexity index is 539. The molecule has 0 radical (unpaired) electrons. The predicted molar refractivity (Wildman–Crippen MR) is 81.3 cm³/mol. The first kappa shape index (κ1) is 14.7. The molecule has 108 valence electrons. The summed E-state index contributed by atoms with van der Waals surface area (Å²) in [6.45, 7) is 9.56. The van der Waals surface area contributed by atoms with Gasteiger partial charge in [0.25, 0.3) is 0 Å². The molecule has 2 rings (SSSR count). The number of pyridine rings is 1. The Morgan fingerprint density at radius 1 is 1.30 bits per heavy atom. The van der Waals surface area contributed by atoms with E-state index in [4.69, 9.17) is 0 Å². The van der Waals surface area contributed by atoms with E-state index >= 15 is 0 Å². The Morgan fingerprint density at radius 3 is 2.60 bits per heavy atom. The Labute approximate surface area is 121 Å². The van der Waals surface area contributed by atoms with Gasteiger partial charge in [-0.05, 0) is 46.4 Å². The lowest BCUT2D eigenvalue weighted by Gasteiger charge is -2.24. The van der Waals surface area contributed by atoms with Crippen molar-refractivity contribution in [1.82, 2.24) is 19.7 Å². The molecule has 2 heterocycles. The summed E-state index contributed by atoms with van der Waals surface area (Å²) in [5, 5.41) is 4.45. The van der Waals surface area contributed by atoms with E-state index in [1.54, 1.807) is 0 Å². The van der Waals surface area contributed by atoms with Gasteiger partial charge in [0, 0.05) is 36.7 Å². The largest absolute Gasteiger partial charge is 0.295 e. The quantitative estimate of drug-likeness (QED) is 0.857. The zero-order chi connectivity index (χ0) is 14.8. The fourth-order valence-electron chi connectivity index (χ4n) is 2.11. The lowest BCUT2D eigenvalue weighted by Crippen LogP contribution is -2.23. The number of nitrogens with zero attached hydrogens (tertiary/aromatic N) is 4. The third-order valence-electron chi connectivity index (χ3n) is 3.58. The minimum atomic E-state index is 0.0335. The lowest BCUT2D eigenvalue weighted by molar-refractivity contribution is 0.252. The van der Waals surface area contributed by atoms with Crippen LogP contribution in [-0.4, -0.2) is 26.7 Å². The van der Waals surface area contributed by atoms with Crippen LogP contribution in [0.5, 0.6) is 0 Å². The van der Waals surface area contributed by atoms with Gasteiger partial charge in [0.1, 0.15) is 0 Å². The molecule has 0 aromatic carbocycles. The molecule has 4 heteroatoms. The number of rotatable bonds is 4. The Balaban J connectivity index is 2.04. The second-order valence-corrected chi connectivity index (χ2v) is 6.34. The number of aromatic nitrogens is 3. The van der Waals surface area contributed by atoms with Crippen molar-refractivity contribution < 1.29 is 0 Å². The van der Waals surface area contributed by atoms with Crippen LogP contribution in [0.3, 0.4) is 0 Å². The summed E-state index contributed by atoms with van der Waals surface area (Å²) >= 11 is 0. The summed E-state index contributed by atoms with van der Waals surface area (Å²) in [5.74, 6) is 0. The highest BCUT2D eigenvalue weighted by molar-refractivity contribution is 5.14. The van der Waals surface area contributed by atoms with E-state index in [2.05, 4.69) is 62.0 Å². The van der Waals surface area contributed by atoms with E-state index in [0.717, 1.165) is 6.54 Å². The molecular weight excluding hydrogens is 248 g/mol. The maximum absolute atomic E-state index is 4.45. The highest BCUT2D eigenvalue weighted by atomic mass is 15.3. The fourth-order valence-corrected chi connectivity index (χ4v) is 2.11. The van der Waals surface area contributed by atoms with Crippen molar-refractivity contribution in [1.29, 1.82) is 0 Å². The van der Waals surface area contributed by atoms with Gasteiger partial charge in [-0.25, -0.2) is 0 Å². The molecule has 4 nitrogen and oxygen atoms in total. The number of hydrogen-bond acceptors (Lipinski definition) is 3. The molecule has 0 aliphatic rings. The molecule has 0 aliphatic heterocycles. The van der Waals surface area contributed by atoms with Gasteiger partial charge in [0.15, 0.2) is 0 Å². The molecule has 0 fully saturated rings. The minimum absolute atomic E-state index is 0.0335. The monoisotopic (exact) mass is 272 g/mol. The van der Waals surface area contributed by atoms with Crippen LogP contribution in [0.25, 0.3) is 0 Å². The van der Waals surface area contributed by atoms with Crippen LogP contribution >= 0.6 is 0 Å². The van der Waals surface area contributed by atoms with E-state index in [1.165, 1.54) is 11.1 Å². The van der Waals surface area contributed by atoms with Crippen LogP contribution in [0.4, 0.5) is 0 Å². The second-order valence-electron chi connectivity index (χ2n) is 6.34. The summed E-state index contributed by atoms with van der Waals surface area (Å²) in [7, 11) is 2.13. The van der Waals surface area contributed by atoms with Gasteiger partial charge in [-0.3, -0.25) is 14.6 Å². The highest BCUT2D eigenvalue weighted by Gasteiger charge is 2.16. The van der Waals surface area contributed by atoms with Crippen LogP contribution in [0.1, 0.15) is 44.9 Å². The average Bonchev–Trinajstić information content (AvgIpc) is 2.87. The third kappa shape index (κ3) is 3.45. The summed E-state index contributed by atoms with van der Waals surface area (Å²) in [6, 6.07) is 4.44. The molecule has 20 heavy (non-hydrogen) atoms. The van der Waals surface area contributed by atoms with E-state index < -0.39 is 0 Å². The van der Waals surface area contributed by atoms with Crippen molar-refractivity contribution in [3.05, 3.63) is 48.0 Å². The van der Waals surface area contributed by atoms with E-state index in [0.29, 0.717) is 6.04 Å². The normalized spacial score (nSPS) is 13.7. The third-order valence-corrected chi connectivity index (χ3v) is 3.58. The Hall–Kier alpha value is -1.68. The van der Waals surface area contributed by atoms with Gasteiger partial charge in [-0.15, -0.1) is 0 Å². The smallest absolute Gasteiger partial charge is 0.0543 e. The lowest BCUT2D eigenvalue weighted by atomic mass is 10.1. The summed E-state index contributed by atoms with van der Waals surface area (Å²) in [6.07, 6.45) is 7.83. The van der Waals surface area contributed by atoms with E-state index in [9.17, 15) is 0 Å². The zero-order valence-corrected chi connectivity index (χ0v) is 13.0. The minimum Gasteiger partial charge on any atom is -0.295 e. The standard InChI is InChI=1S/C16H24N4/c1-13(15-7-6-8-17-10-15)19(5)11-14-9-18-20(12-14)16(2,3)4/h6-10,12-13H,11H2,1-5H3/t13-/m1/s1. The molecule has 0 aliphatic carbocycles. The molecular formula is C16H24N4. The van der Waals surface area contributed by atoms with Gasteiger partial charge < -0.3 is 0 Å². The molecule has 0 saturated carbocycles. The molecule has 1 atom stereocenters. The van der Waals surface area contributed by atoms with Crippen molar-refractivity contribution in [2.24, 2.45) is 0 Å². The fraction of sp³-hybridized carbons (Fsp3) is 0.500. The van der Waals surface area contributed by atoms with Crippen molar-refractivity contribution in [2.75, 3.05) is 7.05 Å². The second kappa shape index (κ2) is 5.75. The zero-order valence-electron chi connectivity index (χ0n) is 13.0. The molecule has 0 bridgehead atoms. The van der Waals surface area contributed by atoms with Crippen molar-refractivity contribution >= 4 is 0 Å². The van der Waals surface area contributed by atoms with Crippen LogP contribution in [0.15, 0.2) is 36.9 Å². The van der Waals surface area contributed by atoms with Crippen LogP contribution < -0.4 is 0 Å². The molecule has 0 N–H and O–H groups in total. The Kier molecular flexibility index (Phi) is 4.23. The van der Waals surface area contributed by atoms with E-state index in [1.807, 2.05) is 29.3 Å². The van der Waals surface area contributed by atoms with Crippen LogP contribution in [0.2, 0.25) is 0 Å². The maximum Gasteiger partial charge on any atom is 0.0543 e. The van der Waals surface area contributed by atoms with Crippen LogP contribution in [-0.2, 0) is 12.1 Å². The number of hydrogen-bond donors (Lipinski definition) is 0. The van der Waals surface area contributed by atoms with Crippen molar-refractivity contribution in [3.63, 3.8) is 0 Å². The molecule has 0 spiro atoms. The topological polar surface area (TPSA) is 34.0 Å². The highest BCUT2D eigenvalue weighted by Crippen LogP contribution is 2.20. The average molecular weight is 272 g/mol. The van der Waals surface area contributed by atoms with Crippen LogP contribution in [0, 0.1) is 0 Å². The summed E-state index contributed by atoms with van der Waals surface area (Å²) in [4.78, 5) is 6.50. The first-order valence-corrected chi connectivity index (χ1v) is 7.02. The van der Waals surface area contributed by atoms with Gasteiger partial charge in [0.05, 0.1) is 11.7 Å². The predicted octanol–water partition coefficient (Wildman–Crippen LogP) is 3.23. The first-order chi connectivity index (χ1) is 9.38. The van der Waals surface area contributed by atoms with Gasteiger partial charge >= 0.3 is 0 Å². The molecule has 0 saturated heterocycles.